The van der Waals surface area contributed by atoms with Crippen molar-refractivity contribution in [3.05, 3.63) is 53.6 Å². The maximum Gasteiger partial charge on any atom is 0.507 e. The molecular weight excluding hydrogens is 398 g/mol. The minimum atomic E-state index is -3.91. The number of benzene rings is 2. The van der Waals surface area contributed by atoms with Crippen LogP contribution in [0.1, 0.15) is 25.0 Å². The predicted octanol–water partition coefficient (Wildman–Crippen LogP) is 3.79. The average molecular weight is 420 g/mol. The topological polar surface area (TPSA) is 83.9 Å². The number of hydrogen-bond donors (Lipinski definition) is 1. The SMILES string of the molecule is CC1(C)SCCN(S(=O)(=O)c2ccc3c(c2)Cc2ccccc2-3)[C@H]1OC(=O)O. The molecule has 2 aromatic carbocycles. The molecule has 4 rings (SSSR count). The van der Waals surface area contributed by atoms with Gasteiger partial charge in [-0.2, -0.15) is 4.31 Å². The monoisotopic (exact) mass is 419 g/mol. The van der Waals surface area contributed by atoms with Crippen LogP contribution < -0.4 is 0 Å². The number of carbonyl (C=O) groups is 1. The Kier molecular flexibility index (Phi) is 4.68. The van der Waals surface area contributed by atoms with Crippen molar-refractivity contribution in [1.29, 1.82) is 0 Å². The molecule has 8 heteroatoms. The van der Waals surface area contributed by atoms with Gasteiger partial charge >= 0.3 is 6.16 Å². The van der Waals surface area contributed by atoms with Crippen molar-refractivity contribution >= 4 is 27.9 Å². The summed E-state index contributed by atoms with van der Waals surface area (Å²) in [5, 5.41) is 9.13. The van der Waals surface area contributed by atoms with Gasteiger partial charge in [-0.1, -0.05) is 30.3 Å². The third-order valence-electron chi connectivity index (χ3n) is 5.23. The average Bonchev–Trinajstić information content (AvgIpc) is 3.00. The molecule has 0 bridgehead atoms. The third kappa shape index (κ3) is 3.19. The lowest BCUT2D eigenvalue weighted by Crippen LogP contribution is -2.56. The van der Waals surface area contributed by atoms with Crippen molar-refractivity contribution in [2.24, 2.45) is 0 Å². The molecule has 1 N–H and O–H groups in total. The number of rotatable bonds is 3. The molecule has 0 amide bonds. The second-order valence-corrected chi connectivity index (χ2v) is 11.1. The first kappa shape index (κ1) is 19.3. The highest BCUT2D eigenvalue weighted by Gasteiger charge is 2.47. The number of fused-ring (bicyclic) bond motifs is 3. The summed E-state index contributed by atoms with van der Waals surface area (Å²) in [5.74, 6) is 0.572. The second-order valence-electron chi connectivity index (χ2n) is 7.46. The van der Waals surface area contributed by atoms with E-state index in [2.05, 4.69) is 0 Å². The smallest absolute Gasteiger partial charge is 0.450 e. The molecule has 0 radical (unpaired) electrons. The molecule has 1 fully saturated rings. The van der Waals surface area contributed by atoms with Crippen LogP contribution in [0, 0.1) is 0 Å². The molecule has 28 heavy (non-hydrogen) atoms. The summed E-state index contributed by atoms with van der Waals surface area (Å²) in [4.78, 5) is 11.4. The lowest BCUT2D eigenvalue weighted by molar-refractivity contribution is -0.0166. The van der Waals surface area contributed by atoms with E-state index in [1.807, 2.05) is 30.3 Å². The number of sulfonamides is 1. The summed E-state index contributed by atoms with van der Waals surface area (Å²) in [6, 6.07) is 13.2. The number of ether oxygens (including phenoxy) is 1. The molecule has 1 atom stereocenters. The maximum atomic E-state index is 13.4. The summed E-state index contributed by atoms with van der Waals surface area (Å²) in [7, 11) is -3.91. The van der Waals surface area contributed by atoms with Gasteiger partial charge in [0, 0.05) is 12.3 Å². The minimum Gasteiger partial charge on any atom is -0.450 e. The van der Waals surface area contributed by atoms with Crippen molar-refractivity contribution in [3.8, 4) is 11.1 Å². The van der Waals surface area contributed by atoms with Gasteiger partial charge in [-0.3, -0.25) is 0 Å². The van der Waals surface area contributed by atoms with Crippen molar-refractivity contribution in [1.82, 2.24) is 4.31 Å². The molecule has 0 aromatic heterocycles. The summed E-state index contributed by atoms with van der Waals surface area (Å²) >= 11 is 1.50. The van der Waals surface area contributed by atoms with Gasteiger partial charge in [0.2, 0.25) is 10.0 Å². The molecule has 6 nitrogen and oxygen atoms in total. The van der Waals surface area contributed by atoms with Crippen molar-refractivity contribution in [3.63, 3.8) is 0 Å². The van der Waals surface area contributed by atoms with Crippen molar-refractivity contribution < 1.29 is 23.1 Å². The van der Waals surface area contributed by atoms with Gasteiger partial charge in [0.05, 0.1) is 9.64 Å². The van der Waals surface area contributed by atoms with Crippen LogP contribution in [-0.2, 0) is 21.2 Å². The van der Waals surface area contributed by atoms with Crippen LogP contribution in [0.25, 0.3) is 11.1 Å². The highest BCUT2D eigenvalue weighted by Crippen LogP contribution is 2.41. The second kappa shape index (κ2) is 6.79. The summed E-state index contributed by atoms with van der Waals surface area (Å²) in [6.07, 6.45) is -1.88. The van der Waals surface area contributed by atoms with Crippen LogP contribution in [0.4, 0.5) is 4.79 Å². The van der Waals surface area contributed by atoms with E-state index >= 15 is 0 Å². The minimum absolute atomic E-state index is 0.167. The Labute approximate surface area is 168 Å². The normalized spacial score (nSPS) is 21.0. The van der Waals surface area contributed by atoms with Gasteiger partial charge in [-0.05, 0) is 54.7 Å². The lowest BCUT2D eigenvalue weighted by atomic mass is 10.1. The zero-order chi connectivity index (χ0) is 20.1. The first-order valence-corrected chi connectivity index (χ1v) is 11.4. The van der Waals surface area contributed by atoms with E-state index in [1.54, 1.807) is 26.0 Å². The van der Waals surface area contributed by atoms with Crippen molar-refractivity contribution in [2.45, 2.75) is 36.1 Å². The largest absolute Gasteiger partial charge is 0.507 e. The maximum absolute atomic E-state index is 13.4. The van der Waals surface area contributed by atoms with Crippen LogP contribution >= 0.6 is 11.8 Å². The third-order valence-corrected chi connectivity index (χ3v) is 8.40. The molecule has 2 aliphatic rings. The van der Waals surface area contributed by atoms with E-state index in [-0.39, 0.29) is 11.4 Å². The molecule has 1 aliphatic heterocycles. The lowest BCUT2D eigenvalue weighted by Gasteiger charge is -2.43. The van der Waals surface area contributed by atoms with E-state index < -0.39 is 27.2 Å². The Morgan fingerprint density at radius 1 is 1.18 bits per heavy atom. The van der Waals surface area contributed by atoms with E-state index in [9.17, 15) is 13.2 Å². The predicted molar refractivity (Wildman–Crippen MR) is 108 cm³/mol. The van der Waals surface area contributed by atoms with Crippen LogP contribution in [-0.4, -0.2) is 47.3 Å². The van der Waals surface area contributed by atoms with Crippen LogP contribution in [0.15, 0.2) is 47.4 Å². The molecule has 0 unspecified atom stereocenters. The fraction of sp³-hybridized carbons (Fsp3) is 0.350. The quantitative estimate of drug-likeness (QED) is 0.650. The van der Waals surface area contributed by atoms with Gasteiger partial charge < -0.3 is 9.84 Å². The molecule has 0 saturated carbocycles. The molecular formula is C20H21NO5S2. The zero-order valence-electron chi connectivity index (χ0n) is 15.6. The van der Waals surface area contributed by atoms with Crippen LogP contribution in [0.3, 0.4) is 0 Å². The molecule has 148 valence electrons. The molecule has 0 spiro atoms. The Balaban J connectivity index is 1.72. The van der Waals surface area contributed by atoms with Gasteiger partial charge in [0.25, 0.3) is 0 Å². The standard InChI is InChI=1S/C20H21NO5S2/c1-20(2)18(26-19(22)23)21(9-10-27-20)28(24,25)15-7-8-17-14(12-15)11-13-5-3-4-6-16(13)17/h3-8,12,18H,9-11H2,1-2H3,(H,22,23)/t18-/m0/s1. The summed E-state index contributed by atoms with van der Waals surface area (Å²) in [6.45, 7) is 3.80. The van der Waals surface area contributed by atoms with Crippen molar-refractivity contribution in [2.75, 3.05) is 12.3 Å². The highest BCUT2D eigenvalue weighted by atomic mass is 32.2. The van der Waals surface area contributed by atoms with Crippen LogP contribution in [0.5, 0.6) is 0 Å². The number of hydrogen-bond acceptors (Lipinski definition) is 5. The molecule has 1 saturated heterocycles. The summed E-state index contributed by atoms with van der Waals surface area (Å²) in [5.41, 5.74) is 4.31. The van der Waals surface area contributed by atoms with E-state index in [4.69, 9.17) is 9.84 Å². The number of thioether (sulfide) groups is 1. The first-order valence-electron chi connectivity index (χ1n) is 8.97. The van der Waals surface area contributed by atoms with E-state index in [1.165, 1.54) is 21.6 Å². The van der Waals surface area contributed by atoms with Gasteiger partial charge in [-0.15, -0.1) is 11.8 Å². The number of nitrogens with zero attached hydrogens (tertiary/aromatic N) is 1. The van der Waals surface area contributed by atoms with Crippen LogP contribution in [0.2, 0.25) is 0 Å². The Hall–Kier alpha value is -2.03. The Morgan fingerprint density at radius 3 is 2.64 bits per heavy atom. The van der Waals surface area contributed by atoms with Gasteiger partial charge in [0.15, 0.2) is 6.23 Å². The first-order chi connectivity index (χ1) is 13.2. The summed E-state index contributed by atoms with van der Waals surface area (Å²) < 4.78 is 32.3. The number of carboxylic acid groups (broad SMARTS) is 1. The van der Waals surface area contributed by atoms with Gasteiger partial charge in [0.1, 0.15) is 0 Å². The Bertz CT molecular complexity index is 1050. The Morgan fingerprint density at radius 2 is 1.89 bits per heavy atom. The fourth-order valence-corrected chi connectivity index (χ4v) is 6.90. The molecule has 2 aromatic rings. The van der Waals surface area contributed by atoms with Gasteiger partial charge in [-0.25, -0.2) is 13.2 Å². The van der Waals surface area contributed by atoms with E-state index in [0.717, 1.165) is 16.7 Å². The van der Waals surface area contributed by atoms with E-state index in [0.29, 0.717) is 12.2 Å². The zero-order valence-corrected chi connectivity index (χ0v) is 17.2. The molecule has 1 heterocycles. The highest BCUT2D eigenvalue weighted by molar-refractivity contribution is 8.00. The molecule has 1 aliphatic carbocycles. The fourth-order valence-electron chi connectivity index (χ4n) is 3.89.